The highest BCUT2D eigenvalue weighted by Gasteiger charge is 2.08. The molecule has 0 saturated heterocycles. The Kier molecular flexibility index (Phi) is 5.49. The van der Waals surface area contributed by atoms with Gasteiger partial charge in [-0.2, -0.15) is 0 Å². The molecule has 0 saturated carbocycles. The first-order chi connectivity index (χ1) is 14.2. The lowest BCUT2D eigenvalue weighted by molar-refractivity contribution is 0.314. The summed E-state index contributed by atoms with van der Waals surface area (Å²) >= 11 is 0. The zero-order chi connectivity index (χ0) is 20.1. The van der Waals surface area contributed by atoms with Crippen LogP contribution in [0.5, 0.6) is 0 Å². The fourth-order valence-electron chi connectivity index (χ4n) is 3.14. The Morgan fingerprint density at radius 2 is 1.79 bits per heavy atom. The zero-order valence-electron chi connectivity index (χ0n) is 16.0. The van der Waals surface area contributed by atoms with Crippen molar-refractivity contribution in [1.29, 1.82) is 0 Å². The third-order valence-corrected chi connectivity index (χ3v) is 4.42. The number of aromatic amines is 1. The Labute approximate surface area is 168 Å². The second-order valence-corrected chi connectivity index (χ2v) is 6.78. The minimum Gasteiger partial charge on any atom is -0.306 e. The molecule has 0 aliphatic rings. The molecule has 3 aromatic heterocycles. The Bertz CT molecular complexity index is 1140. The second kappa shape index (κ2) is 8.53. The molecule has 3 heterocycles. The van der Waals surface area contributed by atoms with E-state index in [1.807, 2.05) is 37.4 Å². The highest BCUT2D eigenvalue weighted by Crippen LogP contribution is 2.20. The number of benzene rings is 1. The van der Waals surface area contributed by atoms with Crippen molar-refractivity contribution >= 4 is 0 Å². The van der Waals surface area contributed by atoms with Crippen molar-refractivity contribution in [2.75, 3.05) is 7.05 Å². The van der Waals surface area contributed by atoms with Crippen LogP contribution in [0.3, 0.4) is 0 Å². The summed E-state index contributed by atoms with van der Waals surface area (Å²) in [4.78, 5) is 34.3. The number of hydrogen-bond donors (Lipinski definition) is 1. The minimum absolute atomic E-state index is 0.188. The molecule has 0 aliphatic heterocycles. The van der Waals surface area contributed by atoms with Gasteiger partial charge < -0.3 is 4.98 Å². The van der Waals surface area contributed by atoms with Crippen molar-refractivity contribution in [3.8, 4) is 22.6 Å². The smallest absolute Gasteiger partial charge is 0.251 e. The van der Waals surface area contributed by atoms with Crippen LogP contribution in [-0.2, 0) is 13.1 Å². The van der Waals surface area contributed by atoms with Gasteiger partial charge in [0.15, 0.2) is 0 Å². The zero-order valence-corrected chi connectivity index (χ0v) is 16.0. The lowest BCUT2D eigenvalue weighted by atomic mass is 10.1. The third-order valence-electron chi connectivity index (χ3n) is 4.42. The molecule has 7 heteroatoms. The lowest BCUT2D eigenvalue weighted by Gasteiger charge is -2.16. The number of pyridine rings is 1. The molecule has 0 unspecified atom stereocenters. The maximum Gasteiger partial charge on any atom is 0.251 e. The summed E-state index contributed by atoms with van der Waals surface area (Å²) in [5.41, 5.74) is 4.19. The predicted octanol–water partition coefficient (Wildman–Crippen LogP) is 2.92. The first kappa shape index (κ1) is 18.6. The summed E-state index contributed by atoms with van der Waals surface area (Å²) in [5, 5.41) is 0. The molecule has 4 aromatic rings. The van der Waals surface area contributed by atoms with Crippen molar-refractivity contribution in [2.24, 2.45) is 0 Å². The number of nitrogens with zero attached hydrogens (tertiary/aromatic N) is 5. The quantitative estimate of drug-likeness (QED) is 0.550. The van der Waals surface area contributed by atoms with Crippen molar-refractivity contribution in [1.82, 2.24) is 29.8 Å². The SMILES string of the molecule is CN(Cc1cccc(-c2nc(-c3ccncc3)cc(=O)[nH]2)c1)Cc1cnccn1. The molecule has 1 aromatic carbocycles. The summed E-state index contributed by atoms with van der Waals surface area (Å²) < 4.78 is 0. The number of nitrogens with one attached hydrogen (secondary N) is 1. The number of hydrogen-bond acceptors (Lipinski definition) is 6. The molecule has 1 N–H and O–H groups in total. The summed E-state index contributed by atoms with van der Waals surface area (Å²) in [5.74, 6) is 0.544. The van der Waals surface area contributed by atoms with Crippen molar-refractivity contribution in [3.05, 3.63) is 95.1 Å². The summed E-state index contributed by atoms with van der Waals surface area (Å²) in [6, 6.07) is 13.2. The van der Waals surface area contributed by atoms with Crippen LogP contribution >= 0.6 is 0 Å². The van der Waals surface area contributed by atoms with E-state index in [0.717, 1.165) is 28.9 Å². The van der Waals surface area contributed by atoms with E-state index in [0.29, 0.717) is 18.1 Å². The molecule has 0 bridgehead atoms. The van der Waals surface area contributed by atoms with E-state index < -0.39 is 0 Å². The number of H-pyrrole nitrogens is 1. The molecule has 0 radical (unpaired) electrons. The molecule has 0 spiro atoms. The fourth-order valence-corrected chi connectivity index (χ4v) is 3.14. The Morgan fingerprint density at radius 3 is 2.59 bits per heavy atom. The molecule has 0 atom stereocenters. The van der Waals surface area contributed by atoms with Crippen molar-refractivity contribution < 1.29 is 0 Å². The Balaban J connectivity index is 1.57. The van der Waals surface area contributed by atoms with Gasteiger partial charge in [-0.3, -0.25) is 24.6 Å². The Hall–Kier alpha value is -3.71. The molecule has 0 amide bonds. The molecule has 0 aliphatic carbocycles. The highest BCUT2D eigenvalue weighted by atomic mass is 16.1. The normalized spacial score (nSPS) is 11.0. The van der Waals surface area contributed by atoms with Gasteiger partial charge in [0.25, 0.3) is 5.56 Å². The standard InChI is InChI=1S/C22H20N6O/c1-28(15-19-13-24-9-10-25-19)14-16-3-2-4-18(11-16)22-26-20(12-21(29)27-22)17-5-7-23-8-6-17/h2-13H,14-15H2,1H3,(H,26,27,29). The van der Waals surface area contributed by atoms with E-state index in [9.17, 15) is 4.79 Å². The van der Waals surface area contributed by atoms with Gasteiger partial charge in [-0.15, -0.1) is 0 Å². The molecule has 7 nitrogen and oxygen atoms in total. The molecule has 29 heavy (non-hydrogen) atoms. The molecule has 144 valence electrons. The average molecular weight is 384 g/mol. The van der Waals surface area contributed by atoms with Gasteiger partial charge in [-0.1, -0.05) is 18.2 Å². The highest BCUT2D eigenvalue weighted by molar-refractivity contribution is 5.63. The summed E-state index contributed by atoms with van der Waals surface area (Å²) in [6.07, 6.45) is 8.51. The Morgan fingerprint density at radius 1 is 0.931 bits per heavy atom. The van der Waals surface area contributed by atoms with Crippen LogP contribution in [0.2, 0.25) is 0 Å². The molecule has 4 rings (SSSR count). The van der Waals surface area contributed by atoms with E-state index in [4.69, 9.17) is 0 Å². The number of rotatable bonds is 6. The minimum atomic E-state index is -0.188. The van der Waals surface area contributed by atoms with Crippen LogP contribution in [0, 0.1) is 0 Å². The van der Waals surface area contributed by atoms with Gasteiger partial charge in [-0.25, -0.2) is 4.98 Å². The van der Waals surface area contributed by atoms with Crippen LogP contribution in [-0.4, -0.2) is 36.9 Å². The van der Waals surface area contributed by atoms with Gasteiger partial charge in [0.2, 0.25) is 0 Å². The maximum atomic E-state index is 12.2. The number of aromatic nitrogens is 5. The largest absolute Gasteiger partial charge is 0.306 e. The second-order valence-electron chi connectivity index (χ2n) is 6.78. The van der Waals surface area contributed by atoms with E-state index in [1.165, 1.54) is 6.07 Å². The van der Waals surface area contributed by atoms with Gasteiger partial charge in [-0.05, 0) is 30.8 Å². The van der Waals surface area contributed by atoms with Crippen LogP contribution in [0.1, 0.15) is 11.3 Å². The first-order valence-corrected chi connectivity index (χ1v) is 9.22. The summed E-state index contributed by atoms with van der Waals surface area (Å²) in [6.45, 7) is 1.43. The topological polar surface area (TPSA) is 87.7 Å². The lowest BCUT2D eigenvalue weighted by Crippen LogP contribution is -2.18. The fraction of sp³-hybridized carbons (Fsp3) is 0.136. The van der Waals surface area contributed by atoms with Gasteiger partial charge in [0.05, 0.1) is 11.4 Å². The summed E-state index contributed by atoms with van der Waals surface area (Å²) in [7, 11) is 2.03. The van der Waals surface area contributed by atoms with E-state index >= 15 is 0 Å². The van der Waals surface area contributed by atoms with Gasteiger partial charge in [0.1, 0.15) is 5.82 Å². The van der Waals surface area contributed by atoms with Crippen LogP contribution in [0.4, 0.5) is 0 Å². The van der Waals surface area contributed by atoms with E-state index in [-0.39, 0.29) is 5.56 Å². The molecule has 0 fully saturated rings. The van der Waals surface area contributed by atoms with Gasteiger partial charge in [0, 0.05) is 61.3 Å². The average Bonchev–Trinajstić information content (AvgIpc) is 2.75. The predicted molar refractivity (Wildman–Crippen MR) is 111 cm³/mol. The molecular formula is C22H20N6O. The van der Waals surface area contributed by atoms with E-state index in [1.54, 1.807) is 31.0 Å². The van der Waals surface area contributed by atoms with Crippen LogP contribution in [0.15, 0.2) is 78.2 Å². The monoisotopic (exact) mass is 384 g/mol. The molecular weight excluding hydrogens is 364 g/mol. The third kappa shape index (κ3) is 4.77. The maximum absolute atomic E-state index is 12.2. The van der Waals surface area contributed by atoms with Gasteiger partial charge >= 0.3 is 0 Å². The van der Waals surface area contributed by atoms with Crippen molar-refractivity contribution in [3.63, 3.8) is 0 Å². The van der Waals surface area contributed by atoms with E-state index in [2.05, 4.69) is 35.9 Å². The first-order valence-electron chi connectivity index (χ1n) is 9.22. The van der Waals surface area contributed by atoms with Crippen molar-refractivity contribution in [2.45, 2.75) is 13.1 Å². The van der Waals surface area contributed by atoms with Crippen LogP contribution < -0.4 is 5.56 Å². The van der Waals surface area contributed by atoms with Crippen LogP contribution in [0.25, 0.3) is 22.6 Å².